The Labute approximate surface area is 198 Å². The van der Waals surface area contributed by atoms with Crippen LogP contribution in [-0.2, 0) is 4.79 Å². The van der Waals surface area contributed by atoms with Crippen molar-refractivity contribution in [1.29, 1.82) is 5.26 Å². The van der Waals surface area contributed by atoms with E-state index in [0.29, 0.717) is 19.7 Å². The molecule has 10 nitrogen and oxygen atoms in total. The lowest BCUT2D eigenvalue weighted by molar-refractivity contribution is -0.122. The molecule has 2 aliphatic rings. The molecular formula is C24H28N6O4. The fourth-order valence-corrected chi connectivity index (χ4v) is 4.28. The summed E-state index contributed by atoms with van der Waals surface area (Å²) < 4.78 is 11.3. The standard InChI is InChI=1S/C24H28N6O4/c1-2-33-19-9-5-18(6-10-19)30-14-13-29(24(30)32)16-22(31)28-17-3-7-20(8-4-17)34-23-21(15-25)26-11-12-27-23/h5-6,9-12,17,20H,2-4,7-8,13-14,16H2,1H3,(H,28,31). The number of carbonyl (C=O) groups is 2. The van der Waals surface area contributed by atoms with Crippen LogP contribution in [-0.4, -0.2) is 65.2 Å². The first kappa shape index (κ1) is 23.3. The van der Waals surface area contributed by atoms with Gasteiger partial charge in [-0.15, -0.1) is 0 Å². The maximum atomic E-state index is 12.8. The molecule has 4 rings (SSSR count). The van der Waals surface area contributed by atoms with E-state index < -0.39 is 0 Å². The summed E-state index contributed by atoms with van der Waals surface area (Å²) in [7, 11) is 0. The summed E-state index contributed by atoms with van der Waals surface area (Å²) in [4.78, 5) is 36.7. The van der Waals surface area contributed by atoms with Gasteiger partial charge in [0.2, 0.25) is 11.6 Å². The highest BCUT2D eigenvalue weighted by atomic mass is 16.5. The van der Waals surface area contributed by atoms with Crippen molar-refractivity contribution in [3.05, 3.63) is 42.4 Å². The summed E-state index contributed by atoms with van der Waals surface area (Å²) in [6.07, 6.45) is 5.87. The number of urea groups is 1. The Kier molecular flexibility index (Phi) is 7.42. The van der Waals surface area contributed by atoms with E-state index in [2.05, 4.69) is 15.3 Å². The predicted octanol–water partition coefficient (Wildman–Crippen LogP) is 2.50. The maximum Gasteiger partial charge on any atom is 0.325 e. The average Bonchev–Trinajstić information content (AvgIpc) is 3.21. The van der Waals surface area contributed by atoms with Crippen LogP contribution in [0, 0.1) is 11.3 Å². The van der Waals surface area contributed by atoms with Gasteiger partial charge < -0.3 is 19.7 Å². The summed E-state index contributed by atoms with van der Waals surface area (Å²) in [5, 5.41) is 12.2. The molecule has 2 heterocycles. The third kappa shape index (κ3) is 5.54. The van der Waals surface area contributed by atoms with Gasteiger partial charge in [-0.1, -0.05) is 0 Å². The summed E-state index contributed by atoms with van der Waals surface area (Å²) in [6, 6.07) is 9.23. The quantitative estimate of drug-likeness (QED) is 0.637. The predicted molar refractivity (Wildman–Crippen MR) is 123 cm³/mol. The molecular weight excluding hydrogens is 436 g/mol. The van der Waals surface area contributed by atoms with Crippen molar-refractivity contribution < 1.29 is 19.1 Å². The van der Waals surface area contributed by atoms with Gasteiger partial charge in [0, 0.05) is 37.2 Å². The minimum Gasteiger partial charge on any atom is -0.494 e. The van der Waals surface area contributed by atoms with Gasteiger partial charge in [0.25, 0.3) is 5.88 Å². The van der Waals surface area contributed by atoms with Gasteiger partial charge in [0.15, 0.2) is 0 Å². The lowest BCUT2D eigenvalue weighted by Crippen LogP contribution is -2.45. The van der Waals surface area contributed by atoms with Crippen LogP contribution < -0.4 is 19.7 Å². The van der Waals surface area contributed by atoms with E-state index in [4.69, 9.17) is 14.7 Å². The number of carbonyl (C=O) groups excluding carboxylic acids is 2. The smallest absolute Gasteiger partial charge is 0.325 e. The summed E-state index contributed by atoms with van der Waals surface area (Å²) in [5.74, 6) is 0.852. The fraction of sp³-hybridized carbons (Fsp3) is 0.458. The largest absolute Gasteiger partial charge is 0.494 e. The number of nitrogens with zero attached hydrogens (tertiary/aromatic N) is 5. The second kappa shape index (κ2) is 10.8. The van der Waals surface area contributed by atoms with Crippen molar-refractivity contribution in [2.75, 3.05) is 31.1 Å². The van der Waals surface area contributed by atoms with Crippen LogP contribution in [0.25, 0.3) is 0 Å². The molecule has 1 saturated heterocycles. The van der Waals surface area contributed by atoms with Gasteiger partial charge in [0.05, 0.1) is 6.61 Å². The molecule has 0 radical (unpaired) electrons. The van der Waals surface area contributed by atoms with E-state index in [1.54, 1.807) is 9.80 Å². The van der Waals surface area contributed by atoms with Gasteiger partial charge in [0.1, 0.15) is 24.5 Å². The zero-order valence-corrected chi connectivity index (χ0v) is 19.1. The molecule has 1 aromatic heterocycles. The van der Waals surface area contributed by atoms with Crippen LogP contribution in [0.3, 0.4) is 0 Å². The molecule has 0 spiro atoms. The topological polar surface area (TPSA) is 121 Å². The molecule has 2 aromatic rings. The molecule has 1 aliphatic heterocycles. The van der Waals surface area contributed by atoms with E-state index in [1.165, 1.54) is 12.4 Å². The number of rotatable bonds is 8. The third-order valence-corrected chi connectivity index (χ3v) is 5.98. The molecule has 1 aromatic carbocycles. The van der Waals surface area contributed by atoms with Crippen LogP contribution in [0.2, 0.25) is 0 Å². The van der Waals surface area contributed by atoms with Crippen molar-refractivity contribution in [2.24, 2.45) is 0 Å². The van der Waals surface area contributed by atoms with Gasteiger partial charge in [-0.2, -0.15) is 5.26 Å². The number of hydrogen-bond donors (Lipinski definition) is 1. The molecule has 0 bridgehead atoms. The van der Waals surface area contributed by atoms with Gasteiger partial charge in [-0.05, 0) is 56.9 Å². The van der Waals surface area contributed by atoms with Crippen LogP contribution in [0.4, 0.5) is 10.5 Å². The zero-order valence-electron chi connectivity index (χ0n) is 19.1. The normalized spacial score (nSPS) is 20.1. The van der Waals surface area contributed by atoms with Crippen molar-refractivity contribution >= 4 is 17.6 Å². The molecule has 34 heavy (non-hydrogen) atoms. The first-order valence-corrected chi connectivity index (χ1v) is 11.5. The maximum absolute atomic E-state index is 12.8. The SMILES string of the molecule is CCOc1ccc(N2CCN(CC(=O)NC3CCC(Oc4nccnc4C#N)CC3)C2=O)cc1. The van der Waals surface area contributed by atoms with Crippen molar-refractivity contribution in [1.82, 2.24) is 20.2 Å². The van der Waals surface area contributed by atoms with Gasteiger partial charge >= 0.3 is 6.03 Å². The average molecular weight is 465 g/mol. The van der Waals surface area contributed by atoms with E-state index in [-0.39, 0.29) is 42.2 Å². The number of amides is 3. The highest BCUT2D eigenvalue weighted by Crippen LogP contribution is 2.25. The van der Waals surface area contributed by atoms with Crippen LogP contribution in [0.1, 0.15) is 38.3 Å². The molecule has 1 aliphatic carbocycles. The summed E-state index contributed by atoms with van der Waals surface area (Å²) in [5.41, 5.74) is 0.963. The molecule has 3 amide bonds. The van der Waals surface area contributed by atoms with E-state index >= 15 is 0 Å². The summed E-state index contributed by atoms with van der Waals surface area (Å²) in [6.45, 7) is 3.58. The Morgan fingerprint density at radius 3 is 2.59 bits per heavy atom. The highest BCUT2D eigenvalue weighted by Gasteiger charge is 2.32. The molecule has 10 heteroatoms. The minimum absolute atomic E-state index is 0.0320. The second-order valence-corrected chi connectivity index (χ2v) is 8.26. The molecule has 178 valence electrons. The Balaban J connectivity index is 1.22. The number of hydrogen-bond acceptors (Lipinski definition) is 7. The Morgan fingerprint density at radius 1 is 1.15 bits per heavy atom. The second-order valence-electron chi connectivity index (χ2n) is 8.26. The van der Waals surface area contributed by atoms with Crippen molar-refractivity contribution in [3.63, 3.8) is 0 Å². The zero-order chi connectivity index (χ0) is 23.9. The van der Waals surface area contributed by atoms with Gasteiger partial charge in [-0.3, -0.25) is 9.69 Å². The first-order chi connectivity index (χ1) is 16.6. The Hall–Kier alpha value is -3.87. The molecule has 0 atom stereocenters. The Bertz CT molecular complexity index is 1050. The third-order valence-electron chi connectivity index (χ3n) is 5.98. The number of ether oxygens (including phenoxy) is 2. The fourth-order valence-electron chi connectivity index (χ4n) is 4.28. The number of anilines is 1. The van der Waals surface area contributed by atoms with Crippen LogP contribution >= 0.6 is 0 Å². The number of benzene rings is 1. The van der Waals surface area contributed by atoms with Crippen LogP contribution in [0.15, 0.2) is 36.7 Å². The number of aromatic nitrogens is 2. The highest BCUT2D eigenvalue weighted by molar-refractivity contribution is 5.96. The number of nitrogens with one attached hydrogen (secondary N) is 1. The van der Waals surface area contributed by atoms with Crippen molar-refractivity contribution in [2.45, 2.75) is 44.8 Å². The Morgan fingerprint density at radius 2 is 1.88 bits per heavy atom. The lowest BCUT2D eigenvalue weighted by Gasteiger charge is -2.29. The van der Waals surface area contributed by atoms with E-state index in [9.17, 15) is 9.59 Å². The molecule has 1 N–H and O–H groups in total. The first-order valence-electron chi connectivity index (χ1n) is 11.5. The molecule has 0 unspecified atom stereocenters. The monoisotopic (exact) mass is 464 g/mol. The van der Waals surface area contributed by atoms with Gasteiger partial charge in [-0.25, -0.2) is 14.8 Å². The summed E-state index contributed by atoms with van der Waals surface area (Å²) >= 11 is 0. The lowest BCUT2D eigenvalue weighted by atomic mass is 9.93. The number of nitriles is 1. The van der Waals surface area contributed by atoms with E-state index in [0.717, 1.165) is 37.1 Å². The molecule has 2 fully saturated rings. The molecule has 1 saturated carbocycles. The van der Waals surface area contributed by atoms with E-state index in [1.807, 2.05) is 37.3 Å². The van der Waals surface area contributed by atoms with Crippen molar-refractivity contribution in [3.8, 4) is 17.7 Å². The minimum atomic E-state index is -0.173. The van der Waals surface area contributed by atoms with Crippen LogP contribution in [0.5, 0.6) is 11.6 Å².